The molecule has 2 nitrogen and oxygen atoms in total. The summed E-state index contributed by atoms with van der Waals surface area (Å²) in [7, 11) is 0. The molecule has 1 heterocycles. The number of nitrogens with one attached hydrogen (secondary N) is 1. The minimum Gasteiger partial charge on any atom is -0.315 e. The zero-order valence-electron chi connectivity index (χ0n) is 11.5. The first-order chi connectivity index (χ1) is 7.74. The number of piperidine rings is 1. The van der Waals surface area contributed by atoms with Crippen LogP contribution in [0.25, 0.3) is 0 Å². The molecule has 0 saturated carbocycles. The summed E-state index contributed by atoms with van der Waals surface area (Å²) in [5.41, 5.74) is 0. The van der Waals surface area contributed by atoms with Crippen molar-refractivity contribution in [2.75, 3.05) is 26.2 Å². The second kappa shape index (κ2) is 8.08. The third-order valence-electron chi connectivity index (χ3n) is 3.52. The smallest absolute Gasteiger partial charge is 0.0221 e. The maximum Gasteiger partial charge on any atom is 0.0221 e. The van der Waals surface area contributed by atoms with E-state index >= 15 is 0 Å². The van der Waals surface area contributed by atoms with E-state index < -0.39 is 0 Å². The molecule has 1 aliphatic heterocycles. The van der Waals surface area contributed by atoms with Gasteiger partial charge in [0.1, 0.15) is 0 Å². The first-order valence-corrected chi connectivity index (χ1v) is 7.18. The second-order valence-electron chi connectivity index (χ2n) is 5.57. The standard InChI is InChI=1S/C14H30N2/c1-4-10-16(11-6-7-13(2)3)14-8-5-9-15-12-14/h13-15H,4-12H2,1-3H3. The van der Waals surface area contributed by atoms with Crippen molar-refractivity contribution < 1.29 is 0 Å². The highest BCUT2D eigenvalue weighted by atomic mass is 15.2. The normalized spacial score (nSPS) is 21.9. The topological polar surface area (TPSA) is 15.3 Å². The lowest BCUT2D eigenvalue weighted by Crippen LogP contribution is -2.46. The SMILES string of the molecule is CCCN(CCCC(C)C)C1CCCNC1. The highest BCUT2D eigenvalue weighted by Crippen LogP contribution is 2.13. The van der Waals surface area contributed by atoms with Crippen LogP contribution in [0.2, 0.25) is 0 Å². The molecule has 0 aromatic heterocycles. The fourth-order valence-corrected chi connectivity index (χ4v) is 2.61. The van der Waals surface area contributed by atoms with E-state index in [-0.39, 0.29) is 0 Å². The quantitative estimate of drug-likeness (QED) is 0.718. The van der Waals surface area contributed by atoms with Gasteiger partial charge in [-0.15, -0.1) is 0 Å². The maximum atomic E-state index is 3.53. The van der Waals surface area contributed by atoms with E-state index in [1.165, 1.54) is 58.3 Å². The molecule has 0 radical (unpaired) electrons. The fourth-order valence-electron chi connectivity index (χ4n) is 2.61. The van der Waals surface area contributed by atoms with Gasteiger partial charge in [0, 0.05) is 12.6 Å². The molecule has 2 heteroatoms. The Labute approximate surface area is 102 Å². The average Bonchev–Trinajstić information content (AvgIpc) is 2.29. The maximum absolute atomic E-state index is 3.53. The Morgan fingerprint density at radius 3 is 2.69 bits per heavy atom. The van der Waals surface area contributed by atoms with Crippen LogP contribution >= 0.6 is 0 Å². The zero-order chi connectivity index (χ0) is 11.8. The van der Waals surface area contributed by atoms with Crippen LogP contribution in [0.15, 0.2) is 0 Å². The predicted molar refractivity (Wildman–Crippen MR) is 71.8 cm³/mol. The molecular weight excluding hydrogens is 196 g/mol. The van der Waals surface area contributed by atoms with Gasteiger partial charge in [0.2, 0.25) is 0 Å². The molecule has 0 aliphatic carbocycles. The number of hydrogen-bond acceptors (Lipinski definition) is 2. The van der Waals surface area contributed by atoms with Gasteiger partial charge in [0.25, 0.3) is 0 Å². The molecule has 0 aromatic rings. The van der Waals surface area contributed by atoms with Crippen LogP contribution in [0.4, 0.5) is 0 Å². The molecular formula is C14H30N2. The zero-order valence-corrected chi connectivity index (χ0v) is 11.5. The van der Waals surface area contributed by atoms with Crippen molar-refractivity contribution in [1.29, 1.82) is 0 Å². The van der Waals surface area contributed by atoms with E-state index in [0.717, 1.165) is 12.0 Å². The molecule has 0 spiro atoms. The lowest BCUT2D eigenvalue weighted by Gasteiger charge is -2.34. The molecule has 0 amide bonds. The van der Waals surface area contributed by atoms with Gasteiger partial charge in [0.05, 0.1) is 0 Å². The molecule has 1 saturated heterocycles. The summed E-state index contributed by atoms with van der Waals surface area (Å²) in [5.74, 6) is 0.855. The first-order valence-electron chi connectivity index (χ1n) is 7.18. The first kappa shape index (κ1) is 14.0. The van der Waals surface area contributed by atoms with Crippen LogP contribution in [0.1, 0.15) is 52.9 Å². The molecule has 1 fully saturated rings. The van der Waals surface area contributed by atoms with Crippen molar-refractivity contribution >= 4 is 0 Å². The van der Waals surface area contributed by atoms with E-state index in [1.807, 2.05) is 0 Å². The molecule has 16 heavy (non-hydrogen) atoms. The molecule has 1 aliphatic rings. The van der Waals surface area contributed by atoms with Gasteiger partial charge in [-0.3, -0.25) is 4.90 Å². The van der Waals surface area contributed by atoms with Crippen molar-refractivity contribution in [3.8, 4) is 0 Å². The number of nitrogens with zero attached hydrogens (tertiary/aromatic N) is 1. The van der Waals surface area contributed by atoms with Crippen molar-refractivity contribution in [1.82, 2.24) is 10.2 Å². The highest BCUT2D eigenvalue weighted by molar-refractivity contribution is 4.78. The Bertz CT molecular complexity index is 162. The summed E-state index contributed by atoms with van der Waals surface area (Å²) >= 11 is 0. The van der Waals surface area contributed by atoms with E-state index in [0.29, 0.717) is 0 Å². The third kappa shape index (κ3) is 5.31. The summed E-state index contributed by atoms with van der Waals surface area (Å²) < 4.78 is 0. The third-order valence-corrected chi connectivity index (χ3v) is 3.52. The lowest BCUT2D eigenvalue weighted by molar-refractivity contribution is 0.161. The van der Waals surface area contributed by atoms with Crippen LogP contribution < -0.4 is 5.32 Å². The Kier molecular flexibility index (Phi) is 7.06. The summed E-state index contributed by atoms with van der Waals surface area (Å²) in [6.45, 7) is 12.0. The minimum absolute atomic E-state index is 0.806. The Balaban J connectivity index is 2.27. The number of hydrogen-bond donors (Lipinski definition) is 1. The van der Waals surface area contributed by atoms with Crippen LogP contribution in [-0.4, -0.2) is 37.1 Å². The highest BCUT2D eigenvalue weighted by Gasteiger charge is 2.19. The predicted octanol–water partition coefficient (Wildman–Crippen LogP) is 2.89. The van der Waals surface area contributed by atoms with Gasteiger partial charge < -0.3 is 5.32 Å². The van der Waals surface area contributed by atoms with Crippen LogP contribution in [0.5, 0.6) is 0 Å². The van der Waals surface area contributed by atoms with E-state index in [1.54, 1.807) is 0 Å². The summed E-state index contributed by atoms with van der Waals surface area (Å²) in [6.07, 6.45) is 6.79. The van der Waals surface area contributed by atoms with Crippen molar-refractivity contribution in [3.05, 3.63) is 0 Å². The van der Waals surface area contributed by atoms with Crippen LogP contribution in [0.3, 0.4) is 0 Å². The van der Waals surface area contributed by atoms with Gasteiger partial charge in [0.15, 0.2) is 0 Å². The lowest BCUT2D eigenvalue weighted by atomic mass is 10.0. The van der Waals surface area contributed by atoms with Crippen molar-refractivity contribution in [3.63, 3.8) is 0 Å². The largest absolute Gasteiger partial charge is 0.315 e. The molecule has 1 unspecified atom stereocenters. The fraction of sp³-hybridized carbons (Fsp3) is 1.00. The van der Waals surface area contributed by atoms with Crippen LogP contribution in [0, 0.1) is 5.92 Å². The Morgan fingerprint density at radius 1 is 1.31 bits per heavy atom. The van der Waals surface area contributed by atoms with Gasteiger partial charge in [-0.25, -0.2) is 0 Å². The van der Waals surface area contributed by atoms with Crippen molar-refractivity contribution in [2.24, 2.45) is 5.92 Å². The van der Waals surface area contributed by atoms with E-state index in [9.17, 15) is 0 Å². The average molecular weight is 226 g/mol. The summed E-state index contributed by atoms with van der Waals surface area (Å²) in [4.78, 5) is 2.72. The van der Waals surface area contributed by atoms with Crippen molar-refractivity contribution in [2.45, 2.75) is 58.9 Å². The van der Waals surface area contributed by atoms with Gasteiger partial charge in [-0.2, -0.15) is 0 Å². The second-order valence-corrected chi connectivity index (χ2v) is 5.57. The molecule has 1 rings (SSSR count). The molecule has 0 aromatic carbocycles. The van der Waals surface area contributed by atoms with Gasteiger partial charge >= 0.3 is 0 Å². The summed E-state index contributed by atoms with van der Waals surface area (Å²) in [6, 6.07) is 0.806. The Hall–Kier alpha value is -0.0800. The molecule has 1 N–H and O–H groups in total. The molecule has 0 bridgehead atoms. The summed E-state index contributed by atoms with van der Waals surface area (Å²) in [5, 5.41) is 3.53. The van der Waals surface area contributed by atoms with E-state index in [4.69, 9.17) is 0 Å². The van der Waals surface area contributed by atoms with Gasteiger partial charge in [-0.05, 0) is 57.7 Å². The minimum atomic E-state index is 0.806. The van der Waals surface area contributed by atoms with Gasteiger partial charge in [-0.1, -0.05) is 20.8 Å². The van der Waals surface area contributed by atoms with Crippen LogP contribution in [-0.2, 0) is 0 Å². The molecule has 1 atom stereocenters. The molecule has 96 valence electrons. The monoisotopic (exact) mass is 226 g/mol. The Morgan fingerprint density at radius 2 is 2.12 bits per heavy atom. The van der Waals surface area contributed by atoms with E-state index in [2.05, 4.69) is 31.0 Å². The number of rotatable bonds is 7.